The van der Waals surface area contributed by atoms with E-state index in [2.05, 4.69) is 0 Å². The van der Waals surface area contributed by atoms with Gasteiger partial charge in [-0.25, -0.2) is 0 Å². The number of anilines is 1. The van der Waals surface area contributed by atoms with E-state index in [1.807, 2.05) is 0 Å². The largest absolute Gasteiger partial charge is 0.393 e. The van der Waals surface area contributed by atoms with Crippen LogP contribution in [0.2, 0.25) is 5.02 Å². The molecule has 1 aromatic carbocycles. The van der Waals surface area contributed by atoms with Crippen LogP contribution in [0.1, 0.15) is 36.5 Å². The van der Waals surface area contributed by atoms with E-state index in [9.17, 15) is 14.7 Å². The molecule has 6 heteroatoms. The summed E-state index contributed by atoms with van der Waals surface area (Å²) in [5.74, 6) is 0.0637. The molecule has 2 fully saturated rings. The van der Waals surface area contributed by atoms with Gasteiger partial charge in [0.1, 0.15) is 0 Å². The molecule has 124 valence electrons. The van der Waals surface area contributed by atoms with Crippen molar-refractivity contribution >= 4 is 29.1 Å². The van der Waals surface area contributed by atoms with Crippen molar-refractivity contribution in [3.63, 3.8) is 0 Å². The summed E-state index contributed by atoms with van der Waals surface area (Å²) in [5.41, 5.74) is 1.15. The maximum absolute atomic E-state index is 12.7. The number of halogens is 1. The van der Waals surface area contributed by atoms with Gasteiger partial charge in [0.2, 0.25) is 5.91 Å². The first-order valence-electron chi connectivity index (χ1n) is 8.04. The Balaban J connectivity index is 1.82. The topological polar surface area (TPSA) is 60.9 Å². The first kappa shape index (κ1) is 16.3. The van der Waals surface area contributed by atoms with Gasteiger partial charge in [-0.3, -0.25) is 9.59 Å². The van der Waals surface area contributed by atoms with Crippen molar-refractivity contribution in [3.8, 4) is 0 Å². The zero-order chi connectivity index (χ0) is 16.6. The van der Waals surface area contributed by atoms with Crippen LogP contribution in [-0.4, -0.2) is 47.6 Å². The van der Waals surface area contributed by atoms with Gasteiger partial charge in [0.15, 0.2) is 0 Å². The monoisotopic (exact) mass is 336 g/mol. The summed E-state index contributed by atoms with van der Waals surface area (Å²) in [6.45, 7) is 3.60. The third kappa shape index (κ3) is 3.21. The number of hydrogen-bond donors (Lipinski definition) is 1. The van der Waals surface area contributed by atoms with Crippen LogP contribution < -0.4 is 4.90 Å². The van der Waals surface area contributed by atoms with E-state index in [4.69, 9.17) is 11.6 Å². The van der Waals surface area contributed by atoms with Crippen molar-refractivity contribution in [2.75, 3.05) is 24.5 Å². The molecule has 0 bridgehead atoms. The second-order valence-corrected chi connectivity index (χ2v) is 6.76. The highest BCUT2D eigenvalue weighted by Crippen LogP contribution is 2.29. The van der Waals surface area contributed by atoms with E-state index in [1.54, 1.807) is 34.9 Å². The van der Waals surface area contributed by atoms with Crippen LogP contribution in [0.25, 0.3) is 0 Å². The minimum atomic E-state index is -0.420. The number of aliphatic hydroxyl groups excluding tert-OH is 1. The standard InChI is InChI=1S/C17H21ClN2O3/c1-11(21)12-6-8-19(10-12)17(23)14-9-13(4-5-15(14)18)20-7-2-3-16(20)22/h4-5,9,11-12,21H,2-3,6-8,10H2,1H3. The first-order valence-corrected chi connectivity index (χ1v) is 8.42. The number of likely N-dealkylation sites (tertiary alicyclic amines) is 1. The highest BCUT2D eigenvalue weighted by molar-refractivity contribution is 6.34. The predicted molar refractivity (Wildman–Crippen MR) is 88.7 cm³/mol. The molecule has 0 saturated carbocycles. The molecule has 23 heavy (non-hydrogen) atoms. The van der Waals surface area contributed by atoms with Crippen molar-refractivity contribution in [1.82, 2.24) is 4.90 Å². The molecule has 2 aliphatic heterocycles. The Hall–Kier alpha value is -1.59. The summed E-state index contributed by atoms with van der Waals surface area (Å²) >= 11 is 6.21. The molecule has 1 aromatic rings. The summed E-state index contributed by atoms with van der Waals surface area (Å²) in [5, 5.41) is 10.1. The van der Waals surface area contributed by atoms with Crippen molar-refractivity contribution in [1.29, 1.82) is 0 Å². The Labute approximate surface area is 140 Å². The van der Waals surface area contributed by atoms with E-state index in [-0.39, 0.29) is 17.7 Å². The fraction of sp³-hybridized carbons (Fsp3) is 0.529. The van der Waals surface area contributed by atoms with Gasteiger partial charge in [0.25, 0.3) is 5.91 Å². The molecule has 2 unspecified atom stereocenters. The van der Waals surface area contributed by atoms with E-state index in [0.29, 0.717) is 36.6 Å². The number of aliphatic hydroxyl groups is 1. The van der Waals surface area contributed by atoms with Gasteiger partial charge in [0, 0.05) is 37.7 Å². The molecule has 5 nitrogen and oxygen atoms in total. The fourth-order valence-electron chi connectivity index (χ4n) is 3.30. The Kier molecular flexibility index (Phi) is 4.60. The van der Waals surface area contributed by atoms with E-state index >= 15 is 0 Å². The van der Waals surface area contributed by atoms with Gasteiger partial charge in [-0.15, -0.1) is 0 Å². The van der Waals surface area contributed by atoms with Crippen LogP contribution in [0.15, 0.2) is 18.2 Å². The third-order valence-corrected chi connectivity index (χ3v) is 5.09. The molecule has 0 radical (unpaired) electrons. The molecule has 3 rings (SSSR count). The van der Waals surface area contributed by atoms with Crippen LogP contribution in [0.5, 0.6) is 0 Å². The minimum absolute atomic E-state index is 0.0843. The molecular weight excluding hydrogens is 316 g/mol. The molecule has 0 aliphatic carbocycles. The summed E-state index contributed by atoms with van der Waals surface area (Å²) < 4.78 is 0. The van der Waals surface area contributed by atoms with Crippen LogP contribution in [0, 0.1) is 5.92 Å². The normalized spacial score (nSPS) is 22.7. The number of amides is 2. The summed E-state index contributed by atoms with van der Waals surface area (Å²) in [6, 6.07) is 5.17. The lowest BCUT2D eigenvalue weighted by atomic mass is 10.0. The lowest BCUT2D eigenvalue weighted by molar-refractivity contribution is -0.117. The number of carbonyl (C=O) groups is 2. The average Bonchev–Trinajstić information content (AvgIpc) is 3.16. The van der Waals surface area contributed by atoms with Crippen molar-refractivity contribution in [2.24, 2.45) is 5.92 Å². The number of nitrogens with zero attached hydrogens (tertiary/aromatic N) is 2. The van der Waals surface area contributed by atoms with Crippen molar-refractivity contribution in [2.45, 2.75) is 32.3 Å². The van der Waals surface area contributed by atoms with Gasteiger partial charge in [-0.1, -0.05) is 11.6 Å². The number of benzene rings is 1. The highest BCUT2D eigenvalue weighted by atomic mass is 35.5. The van der Waals surface area contributed by atoms with Gasteiger partial charge in [-0.05, 0) is 38.0 Å². The number of rotatable bonds is 3. The third-order valence-electron chi connectivity index (χ3n) is 4.76. The molecule has 2 heterocycles. The van der Waals surface area contributed by atoms with Gasteiger partial charge in [-0.2, -0.15) is 0 Å². The molecule has 1 N–H and O–H groups in total. The zero-order valence-corrected chi connectivity index (χ0v) is 13.9. The smallest absolute Gasteiger partial charge is 0.255 e. The molecule has 0 spiro atoms. The van der Waals surface area contributed by atoms with Gasteiger partial charge < -0.3 is 14.9 Å². The van der Waals surface area contributed by atoms with E-state index in [1.165, 1.54) is 0 Å². The molecular formula is C17H21ClN2O3. The van der Waals surface area contributed by atoms with E-state index in [0.717, 1.165) is 18.5 Å². The Morgan fingerprint density at radius 1 is 1.39 bits per heavy atom. The lowest BCUT2D eigenvalue weighted by Crippen LogP contribution is -2.31. The number of hydrogen-bond acceptors (Lipinski definition) is 3. The van der Waals surface area contributed by atoms with E-state index < -0.39 is 6.10 Å². The second-order valence-electron chi connectivity index (χ2n) is 6.35. The Morgan fingerprint density at radius 3 is 2.78 bits per heavy atom. The zero-order valence-electron chi connectivity index (χ0n) is 13.2. The Morgan fingerprint density at radius 2 is 2.17 bits per heavy atom. The summed E-state index contributed by atoms with van der Waals surface area (Å²) in [7, 11) is 0. The van der Waals surface area contributed by atoms with Gasteiger partial charge in [0.05, 0.1) is 16.7 Å². The first-order chi connectivity index (χ1) is 11.0. The van der Waals surface area contributed by atoms with Crippen molar-refractivity contribution in [3.05, 3.63) is 28.8 Å². The highest BCUT2D eigenvalue weighted by Gasteiger charge is 2.31. The summed E-state index contributed by atoms with van der Waals surface area (Å²) in [4.78, 5) is 28.1. The summed E-state index contributed by atoms with van der Waals surface area (Å²) in [6.07, 6.45) is 1.77. The maximum atomic E-state index is 12.7. The average molecular weight is 337 g/mol. The van der Waals surface area contributed by atoms with Crippen LogP contribution >= 0.6 is 11.6 Å². The second kappa shape index (κ2) is 6.49. The SMILES string of the molecule is CC(O)C1CCN(C(=O)c2cc(N3CCCC3=O)ccc2Cl)C1. The number of carbonyl (C=O) groups excluding carboxylic acids is 2. The molecule has 2 amide bonds. The van der Waals surface area contributed by atoms with Crippen molar-refractivity contribution < 1.29 is 14.7 Å². The quantitative estimate of drug-likeness (QED) is 0.921. The minimum Gasteiger partial charge on any atom is -0.393 e. The maximum Gasteiger partial charge on any atom is 0.255 e. The molecule has 2 atom stereocenters. The van der Waals surface area contributed by atoms with Crippen LogP contribution in [0.4, 0.5) is 5.69 Å². The molecule has 0 aromatic heterocycles. The predicted octanol–water partition coefficient (Wildman–Crippen LogP) is 2.31. The van der Waals surface area contributed by atoms with Crippen LogP contribution in [-0.2, 0) is 4.79 Å². The van der Waals surface area contributed by atoms with Gasteiger partial charge >= 0.3 is 0 Å². The lowest BCUT2D eigenvalue weighted by Gasteiger charge is -2.21. The Bertz CT molecular complexity index is 632. The van der Waals surface area contributed by atoms with Crippen LogP contribution in [0.3, 0.4) is 0 Å². The fourth-order valence-corrected chi connectivity index (χ4v) is 3.50. The molecule has 2 aliphatic rings. The molecule has 2 saturated heterocycles.